The van der Waals surface area contributed by atoms with E-state index in [-0.39, 0.29) is 19.3 Å². The minimum atomic E-state index is -0.323. The molecule has 1 heterocycles. The van der Waals surface area contributed by atoms with E-state index >= 15 is 0 Å². The van der Waals surface area contributed by atoms with Crippen LogP contribution in [-0.2, 0) is 4.74 Å². The van der Waals surface area contributed by atoms with Crippen molar-refractivity contribution in [3.8, 4) is 0 Å². The lowest BCUT2D eigenvalue weighted by atomic mass is 9.90. The Morgan fingerprint density at radius 3 is 3.00 bits per heavy atom. The molecule has 12 heavy (non-hydrogen) atoms. The van der Waals surface area contributed by atoms with Crippen LogP contribution in [0.15, 0.2) is 0 Å². The molecule has 1 aliphatic heterocycles. The molecule has 1 N–H and O–H groups in total. The zero-order valence-electron chi connectivity index (χ0n) is 8.99. The summed E-state index contributed by atoms with van der Waals surface area (Å²) in [6, 6.07) is 0. The number of aliphatic hydroxyl groups is 1. The van der Waals surface area contributed by atoms with Gasteiger partial charge >= 0.3 is 0 Å². The van der Waals surface area contributed by atoms with Crippen molar-refractivity contribution < 1.29 is 11.2 Å². The Hall–Kier alpha value is -0.0800. The van der Waals surface area contributed by atoms with Crippen LogP contribution in [0.1, 0.15) is 34.5 Å². The minimum absolute atomic E-state index is 0.231. The molecule has 0 aromatic heterocycles. The zero-order chi connectivity index (χ0) is 9.84. The molecule has 1 saturated heterocycles. The summed E-state index contributed by atoms with van der Waals surface area (Å²) in [4.78, 5) is 0. The van der Waals surface area contributed by atoms with Gasteiger partial charge in [-0.25, -0.2) is 0 Å². The van der Waals surface area contributed by atoms with Gasteiger partial charge in [0.25, 0.3) is 0 Å². The van der Waals surface area contributed by atoms with Crippen LogP contribution < -0.4 is 0 Å². The second-order valence-corrected chi connectivity index (χ2v) is 3.82. The Morgan fingerprint density at radius 2 is 2.50 bits per heavy atom. The number of ether oxygens (including phenoxy) is 1. The molecule has 0 aromatic carbocycles. The van der Waals surface area contributed by atoms with Crippen molar-refractivity contribution in [2.24, 2.45) is 11.8 Å². The fraction of sp³-hybridized carbons (Fsp3) is 1.00. The number of aliphatic hydroxyl groups excluding tert-OH is 1. The van der Waals surface area contributed by atoms with Gasteiger partial charge in [-0.3, -0.25) is 0 Å². The summed E-state index contributed by atoms with van der Waals surface area (Å²) in [7, 11) is 0. The summed E-state index contributed by atoms with van der Waals surface area (Å²) in [5, 5.41) is 8.70. The van der Waals surface area contributed by atoms with Crippen LogP contribution in [0, 0.1) is 11.8 Å². The maximum Gasteiger partial charge on any atom is 0.0626 e. The van der Waals surface area contributed by atoms with Gasteiger partial charge in [-0.05, 0) is 31.1 Å². The molecule has 4 atom stereocenters. The topological polar surface area (TPSA) is 29.5 Å². The summed E-state index contributed by atoms with van der Waals surface area (Å²) < 4.78 is 13.0. The Balaban J connectivity index is 2.33. The largest absolute Gasteiger partial charge is 0.396 e. The van der Waals surface area contributed by atoms with Gasteiger partial charge in [0, 0.05) is 13.2 Å². The maximum absolute atomic E-state index is 8.70. The highest BCUT2D eigenvalue weighted by molar-refractivity contribution is 4.77. The SMILES string of the molecule is [3H][C@H]1C[C@H](C)[C@@H]([C@H](C)CCCO)O1. The van der Waals surface area contributed by atoms with Crippen LogP contribution in [0.3, 0.4) is 0 Å². The zero-order valence-corrected chi connectivity index (χ0v) is 7.99. The molecule has 0 aliphatic carbocycles. The minimum Gasteiger partial charge on any atom is -0.396 e. The summed E-state index contributed by atoms with van der Waals surface area (Å²) in [5.74, 6) is 0.966. The van der Waals surface area contributed by atoms with E-state index in [0.29, 0.717) is 11.8 Å². The highest BCUT2D eigenvalue weighted by Gasteiger charge is 2.28. The summed E-state index contributed by atoms with van der Waals surface area (Å²) in [5.41, 5.74) is 0. The fourth-order valence-electron chi connectivity index (χ4n) is 1.86. The molecule has 72 valence electrons. The van der Waals surface area contributed by atoms with Crippen molar-refractivity contribution in [2.45, 2.75) is 39.2 Å². The van der Waals surface area contributed by atoms with E-state index in [0.717, 1.165) is 19.3 Å². The molecule has 1 rings (SSSR count). The average Bonchev–Trinajstić information content (AvgIpc) is 2.41. The smallest absolute Gasteiger partial charge is 0.0626 e. The molecule has 0 bridgehead atoms. The normalized spacial score (nSPS) is 39.6. The molecule has 0 saturated carbocycles. The molecular formula is C10H20O2. The third-order valence-corrected chi connectivity index (χ3v) is 2.66. The second-order valence-electron chi connectivity index (χ2n) is 3.82. The van der Waals surface area contributed by atoms with Gasteiger partial charge in [0.15, 0.2) is 0 Å². The van der Waals surface area contributed by atoms with Crippen LogP contribution in [0.2, 0.25) is 0 Å². The second kappa shape index (κ2) is 4.83. The summed E-state index contributed by atoms with van der Waals surface area (Å²) >= 11 is 0. The van der Waals surface area contributed by atoms with E-state index < -0.39 is 0 Å². The van der Waals surface area contributed by atoms with E-state index in [4.69, 9.17) is 11.2 Å². The predicted molar refractivity (Wildman–Crippen MR) is 49.0 cm³/mol. The van der Waals surface area contributed by atoms with Gasteiger partial charge in [-0.15, -0.1) is 0 Å². The van der Waals surface area contributed by atoms with Crippen molar-refractivity contribution in [1.82, 2.24) is 0 Å². The van der Waals surface area contributed by atoms with Crippen molar-refractivity contribution in [2.75, 3.05) is 13.2 Å². The van der Waals surface area contributed by atoms with Gasteiger partial charge in [0.2, 0.25) is 0 Å². The molecule has 1 fully saturated rings. The third kappa shape index (κ3) is 2.46. The first-order valence-corrected chi connectivity index (χ1v) is 4.83. The average molecular weight is 174 g/mol. The number of hydrogen-bond donors (Lipinski definition) is 1. The first-order valence-electron chi connectivity index (χ1n) is 5.41. The maximum atomic E-state index is 8.70. The molecule has 0 aromatic rings. The van der Waals surface area contributed by atoms with E-state index in [9.17, 15) is 0 Å². The molecule has 0 amide bonds. The number of rotatable bonds is 4. The Bertz CT molecular complexity index is 152. The first kappa shape index (κ1) is 8.52. The van der Waals surface area contributed by atoms with Gasteiger partial charge in [0.1, 0.15) is 0 Å². The lowest BCUT2D eigenvalue weighted by molar-refractivity contribution is 0.0459. The van der Waals surface area contributed by atoms with Gasteiger partial charge in [-0.2, -0.15) is 0 Å². The Kier molecular flexibility index (Phi) is 3.43. The van der Waals surface area contributed by atoms with Crippen molar-refractivity contribution in [3.05, 3.63) is 0 Å². The molecule has 2 heteroatoms. The van der Waals surface area contributed by atoms with Crippen LogP contribution in [0.4, 0.5) is 0 Å². The Labute approximate surface area is 76.3 Å². The van der Waals surface area contributed by atoms with Gasteiger partial charge < -0.3 is 9.84 Å². The van der Waals surface area contributed by atoms with E-state index in [1.807, 2.05) is 0 Å². The third-order valence-electron chi connectivity index (χ3n) is 2.66. The van der Waals surface area contributed by atoms with E-state index in [1.54, 1.807) is 0 Å². The molecule has 0 radical (unpaired) electrons. The van der Waals surface area contributed by atoms with Crippen LogP contribution >= 0.6 is 0 Å². The Morgan fingerprint density at radius 1 is 1.75 bits per heavy atom. The van der Waals surface area contributed by atoms with Crippen LogP contribution in [0.25, 0.3) is 0 Å². The predicted octanol–water partition coefficient (Wildman–Crippen LogP) is 1.82. The monoisotopic (exact) mass is 174 g/mol. The van der Waals surface area contributed by atoms with Crippen molar-refractivity contribution in [1.29, 1.82) is 0 Å². The molecule has 0 spiro atoms. The number of hydrogen-bond acceptors (Lipinski definition) is 2. The highest BCUT2D eigenvalue weighted by atomic mass is 16.5. The molecule has 1 aliphatic rings. The first-order chi connectivity index (χ1) is 6.15. The van der Waals surface area contributed by atoms with Gasteiger partial charge in [-0.1, -0.05) is 13.8 Å². The summed E-state index contributed by atoms with van der Waals surface area (Å²) in [6.07, 6.45) is 2.93. The van der Waals surface area contributed by atoms with Crippen LogP contribution in [-0.4, -0.2) is 24.4 Å². The van der Waals surface area contributed by atoms with E-state index in [1.165, 1.54) is 0 Å². The molecule has 0 unspecified atom stereocenters. The molecular weight excluding hydrogens is 152 g/mol. The van der Waals surface area contributed by atoms with Gasteiger partial charge in [0.05, 0.1) is 7.47 Å². The lowest BCUT2D eigenvalue weighted by Gasteiger charge is -2.21. The lowest BCUT2D eigenvalue weighted by Crippen LogP contribution is -2.22. The van der Waals surface area contributed by atoms with E-state index in [2.05, 4.69) is 13.8 Å². The standard InChI is InChI=1S/C10H20O2/c1-8(4-3-6-11)10-9(2)5-7-12-10/h8-11H,3-7H2,1-2H3/t8-,9+,10-/m1/s1/i7T/t7-,8+,9-,10+/m0. The quantitative estimate of drug-likeness (QED) is 0.704. The summed E-state index contributed by atoms with van der Waals surface area (Å²) in [6.45, 7) is 4.23. The van der Waals surface area contributed by atoms with Crippen molar-refractivity contribution >= 4 is 0 Å². The van der Waals surface area contributed by atoms with Crippen molar-refractivity contribution in [3.63, 3.8) is 0 Å². The van der Waals surface area contributed by atoms with Crippen LogP contribution in [0.5, 0.6) is 0 Å². The fourth-order valence-corrected chi connectivity index (χ4v) is 1.86. The molecule has 2 nitrogen and oxygen atoms in total. The highest BCUT2D eigenvalue weighted by Crippen LogP contribution is 2.28.